The molecule has 0 saturated heterocycles. The molecule has 0 aliphatic rings. The molecule has 0 radical (unpaired) electrons. The maximum absolute atomic E-state index is 8.59. The molecule has 0 aromatic heterocycles. The van der Waals surface area contributed by atoms with E-state index in [4.69, 9.17) is 10.9 Å². The van der Waals surface area contributed by atoms with E-state index in [0.717, 1.165) is 6.54 Å². The molecule has 1 unspecified atom stereocenters. The summed E-state index contributed by atoms with van der Waals surface area (Å²) in [5.41, 5.74) is 8.01. The van der Waals surface area contributed by atoms with Crippen molar-refractivity contribution in [2.24, 2.45) is 10.9 Å². The number of nitrogens with zero attached hydrogens (tertiary/aromatic N) is 2. The van der Waals surface area contributed by atoms with Gasteiger partial charge in [-0.05, 0) is 26.5 Å². The van der Waals surface area contributed by atoms with E-state index in [1.165, 1.54) is 11.1 Å². The van der Waals surface area contributed by atoms with Gasteiger partial charge < -0.3 is 10.9 Å². The summed E-state index contributed by atoms with van der Waals surface area (Å²) in [7, 11) is 1.95. The fraction of sp³-hybridized carbons (Fsp3) is 0.417. The van der Waals surface area contributed by atoms with Gasteiger partial charge in [0.1, 0.15) is 0 Å². The molecule has 3 N–H and O–H groups in total. The van der Waals surface area contributed by atoms with Gasteiger partial charge in [-0.2, -0.15) is 0 Å². The molecule has 0 saturated carbocycles. The van der Waals surface area contributed by atoms with Gasteiger partial charge in [0, 0.05) is 6.54 Å². The summed E-state index contributed by atoms with van der Waals surface area (Å²) in [6.07, 6.45) is 0. The van der Waals surface area contributed by atoms with Gasteiger partial charge in [-0.25, -0.2) is 0 Å². The van der Waals surface area contributed by atoms with Crippen molar-refractivity contribution in [3.05, 3.63) is 35.4 Å². The molecule has 88 valence electrons. The Kier molecular flexibility index (Phi) is 4.31. The topological polar surface area (TPSA) is 61.8 Å². The van der Waals surface area contributed by atoms with Crippen LogP contribution in [0, 0.1) is 6.92 Å². The third-order valence-corrected chi connectivity index (χ3v) is 2.76. The lowest BCUT2D eigenvalue weighted by atomic mass is 10.1. The molecule has 1 atom stereocenters. The number of likely N-dealkylation sites (N-methyl/N-ethyl adjacent to an activating group) is 1. The average molecular weight is 221 g/mol. The summed E-state index contributed by atoms with van der Waals surface area (Å²) in [6.45, 7) is 4.74. The van der Waals surface area contributed by atoms with E-state index in [1.54, 1.807) is 0 Å². The van der Waals surface area contributed by atoms with Crippen LogP contribution in [0.5, 0.6) is 0 Å². The Bertz CT molecular complexity index is 359. The first-order valence-corrected chi connectivity index (χ1v) is 5.27. The van der Waals surface area contributed by atoms with Gasteiger partial charge in [-0.15, -0.1) is 0 Å². The monoisotopic (exact) mass is 221 g/mol. The molecule has 0 aliphatic carbocycles. The molecule has 0 aliphatic heterocycles. The van der Waals surface area contributed by atoms with Crippen molar-refractivity contribution < 1.29 is 5.21 Å². The van der Waals surface area contributed by atoms with Crippen molar-refractivity contribution in [3.8, 4) is 0 Å². The SMILES string of the molecule is Cc1ccc(CN(C)C(C)C(N)=NO)cc1. The van der Waals surface area contributed by atoms with Crippen molar-refractivity contribution in [1.29, 1.82) is 0 Å². The van der Waals surface area contributed by atoms with Crippen LogP contribution in [0.2, 0.25) is 0 Å². The van der Waals surface area contributed by atoms with Crippen LogP contribution in [0.3, 0.4) is 0 Å². The van der Waals surface area contributed by atoms with Crippen LogP contribution >= 0.6 is 0 Å². The Hall–Kier alpha value is -1.55. The molecule has 16 heavy (non-hydrogen) atoms. The zero-order valence-electron chi connectivity index (χ0n) is 10.0. The first kappa shape index (κ1) is 12.5. The van der Waals surface area contributed by atoms with Gasteiger partial charge in [-0.1, -0.05) is 35.0 Å². The van der Waals surface area contributed by atoms with E-state index >= 15 is 0 Å². The van der Waals surface area contributed by atoms with Gasteiger partial charge in [0.15, 0.2) is 5.84 Å². The van der Waals surface area contributed by atoms with Crippen molar-refractivity contribution in [1.82, 2.24) is 4.90 Å². The van der Waals surface area contributed by atoms with Gasteiger partial charge >= 0.3 is 0 Å². The minimum absolute atomic E-state index is 0.0775. The van der Waals surface area contributed by atoms with Crippen LogP contribution in [0.25, 0.3) is 0 Å². The highest BCUT2D eigenvalue weighted by Crippen LogP contribution is 2.08. The van der Waals surface area contributed by atoms with Crippen LogP contribution in [-0.2, 0) is 6.54 Å². The summed E-state index contributed by atoms with van der Waals surface area (Å²) in [4.78, 5) is 2.03. The number of aryl methyl sites for hydroxylation is 1. The second-order valence-electron chi connectivity index (χ2n) is 4.10. The molecule has 0 fully saturated rings. The van der Waals surface area contributed by atoms with E-state index in [1.807, 2.05) is 18.9 Å². The number of oxime groups is 1. The van der Waals surface area contributed by atoms with E-state index < -0.39 is 0 Å². The van der Waals surface area contributed by atoms with E-state index in [9.17, 15) is 0 Å². The zero-order chi connectivity index (χ0) is 12.1. The minimum Gasteiger partial charge on any atom is -0.409 e. The smallest absolute Gasteiger partial charge is 0.156 e. The third kappa shape index (κ3) is 3.24. The molecule has 0 bridgehead atoms. The highest BCUT2D eigenvalue weighted by Gasteiger charge is 2.13. The first-order valence-electron chi connectivity index (χ1n) is 5.27. The standard InChI is InChI=1S/C12H19N3O/c1-9-4-6-11(7-5-9)8-15(3)10(2)12(13)14-16/h4-7,10,16H,8H2,1-3H3,(H2,13,14). The van der Waals surface area contributed by atoms with Crippen molar-refractivity contribution in [3.63, 3.8) is 0 Å². The van der Waals surface area contributed by atoms with Crippen LogP contribution in [0.15, 0.2) is 29.4 Å². The van der Waals surface area contributed by atoms with Crippen molar-refractivity contribution in [2.75, 3.05) is 7.05 Å². The quantitative estimate of drug-likeness (QED) is 0.351. The minimum atomic E-state index is -0.0775. The lowest BCUT2D eigenvalue weighted by molar-refractivity contribution is 0.279. The molecule has 0 amide bonds. The fourth-order valence-electron chi connectivity index (χ4n) is 1.43. The highest BCUT2D eigenvalue weighted by molar-refractivity contribution is 5.84. The van der Waals surface area contributed by atoms with E-state index in [2.05, 4.69) is 36.3 Å². The Balaban J connectivity index is 2.64. The third-order valence-electron chi connectivity index (χ3n) is 2.76. The number of hydrogen-bond donors (Lipinski definition) is 2. The number of benzene rings is 1. The lowest BCUT2D eigenvalue weighted by Crippen LogP contribution is -2.40. The Morgan fingerprint density at radius 2 is 2.00 bits per heavy atom. The molecule has 4 nitrogen and oxygen atoms in total. The Morgan fingerprint density at radius 3 is 2.50 bits per heavy atom. The van der Waals surface area contributed by atoms with Crippen molar-refractivity contribution in [2.45, 2.75) is 26.4 Å². The zero-order valence-corrected chi connectivity index (χ0v) is 10.0. The summed E-state index contributed by atoms with van der Waals surface area (Å²) in [5.74, 6) is 0.231. The summed E-state index contributed by atoms with van der Waals surface area (Å²) >= 11 is 0. The van der Waals surface area contributed by atoms with Gasteiger partial charge in [0.05, 0.1) is 6.04 Å². The van der Waals surface area contributed by atoms with Gasteiger partial charge in [0.25, 0.3) is 0 Å². The normalized spacial score (nSPS) is 14.1. The Morgan fingerprint density at radius 1 is 1.44 bits per heavy atom. The molecular weight excluding hydrogens is 202 g/mol. The summed E-state index contributed by atoms with van der Waals surface area (Å²) in [6, 6.07) is 8.26. The molecule has 1 rings (SSSR count). The number of amidine groups is 1. The molecule has 4 heteroatoms. The second kappa shape index (κ2) is 5.51. The molecule has 0 spiro atoms. The van der Waals surface area contributed by atoms with Crippen molar-refractivity contribution >= 4 is 5.84 Å². The van der Waals surface area contributed by atoms with Crippen LogP contribution in [0.4, 0.5) is 0 Å². The average Bonchev–Trinajstić information content (AvgIpc) is 2.30. The van der Waals surface area contributed by atoms with Crippen LogP contribution in [0.1, 0.15) is 18.1 Å². The molecule has 1 aromatic rings. The van der Waals surface area contributed by atoms with Gasteiger partial charge in [0.2, 0.25) is 0 Å². The molecule has 0 heterocycles. The number of nitrogens with two attached hydrogens (primary N) is 1. The summed E-state index contributed by atoms with van der Waals surface area (Å²) < 4.78 is 0. The maximum atomic E-state index is 8.59. The number of hydrogen-bond acceptors (Lipinski definition) is 3. The maximum Gasteiger partial charge on any atom is 0.156 e. The van der Waals surface area contributed by atoms with E-state index in [0.29, 0.717) is 0 Å². The molecule has 1 aromatic carbocycles. The number of rotatable bonds is 4. The Labute approximate surface area is 96.4 Å². The fourth-order valence-corrected chi connectivity index (χ4v) is 1.43. The van der Waals surface area contributed by atoms with E-state index in [-0.39, 0.29) is 11.9 Å². The predicted molar refractivity (Wildman–Crippen MR) is 65.5 cm³/mol. The second-order valence-corrected chi connectivity index (χ2v) is 4.10. The predicted octanol–water partition coefficient (Wildman–Crippen LogP) is 1.56. The summed E-state index contributed by atoms with van der Waals surface area (Å²) in [5, 5.41) is 11.6. The highest BCUT2D eigenvalue weighted by atomic mass is 16.4. The first-order chi connectivity index (χ1) is 7.54. The van der Waals surface area contributed by atoms with Gasteiger partial charge in [-0.3, -0.25) is 4.90 Å². The van der Waals surface area contributed by atoms with Crippen LogP contribution in [-0.4, -0.2) is 29.0 Å². The lowest BCUT2D eigenvalue weighted by Gasteiger charge is -2.23. The molecular formula is C12H19N3O. The van der Waals surface area contributed by atoms with Crippen LogP contribution < -0.4 is 5.73 Å². The largest absolute Gasteiger partial charge is 0.409 e.